The summed E-state index contributed by atoms with van der Waals surface area (Å²) in [4.78, 5) is 12.1. The first kappa shape index (κ1) is 11.7. The molecule has 0 spiro atoms. The zero-order valence-corrected chi connectivity index (χ0v) is 11.0. The number of rotatable bonds is 3. The van der Waals surface area contributed by atoms with Crippen LogP contribution < -0.4 is 4.74 Å². The molecule has 0 fully saturated rings. The van der Waals surface area contributed by atoms with Crippen molar-refractivity contribution in [2.24, 2.45) is 0 Å². The summed E-state index contributed by atoms with van der Waals surface area (Å²) in [5.41, 5.74) is 3.97. The summed E-state index contributed by atoms with van der Waals surface area (Å²) in [6.07, 6.45) is 1.04. The highest BCUT2D eigenvalue weighted by Crippen LogP contribution is 2.21. The van der Waals surface area contributed by atoms with Crippen molar-refractivity contribution in [1.29, 1.82) is 0 Å². The van der Waals surface area contributed by atoms with Gasteiger partial charge in [-0.2, -0.15) is 4.98 Å². The average molecular weight is 253 g/mol. The Balaban J connectivity index is 2.04. The quantitative estimate of drug-likeness (QED) is 0.779. The molecule has 4 heteroatoms. The van der Waals surface area contributed by atoms with Gasteiger partial charge in [-0.3, -0.25) is 0 Å². The van der Waals surface area contributed by atoms with E-state index < -0.39 is 0 Å². The Kier molecular flexibility index (Phi) is 2.91. The fourth-order valence-electron chi connectivity index (χ4n) is 2.02. The number of ether oxygens (including phenoxy) is 1. The Morgan fingerprint density at radius 1 is 1.05 bits per heavy atom. The van der Waals surface area contributed by atoms with Crippen molar-refractivity contribution in [3.8, 4) is 17.3 Å². The van der Waals surface area contributed by atoms with Gasteiger partial charge in [0, 0.05) is 11.6 Å². The number of hydrogen-bond donors (Lipinski definition) is 1. The summed E-state index contributed by atoms with van der Waals surface area (Å²) in [7, 11) is 1.60. The van der Waals surface area contributed by atoms with Gasteiger partial charge in [0.15, 0.2) is 5.65 Å². The first-order valence-electron chi connectivity index (χ1n) is 6.30. The highest BCUT2D eigenvalue weighted by molar-refractivity contribution is 5.76. The maximum absolute atomic E-state index is 5.10. The molecule has 2 aromatic heterocycles. The molecule has 0 aliphatic rings. The summed E-state index contributed by atoms with van der Waals surface area (Å²) in [6, 6.07) is 12.1. The Labute approximate surface area is 111 Å². The third-order valence-corrected chi connectivity index (χ3v) is 3.17. The first-order valence-corrected chi connectivity index (χ1v) is 6.30. The number of imidazole rings is 1. The lowest BCUT2D eigenvalue weighted by atomic mass is 10.1. The molecule has 19 heavy (non-hydrogen) atoms. The number of hydrogen-bond acceptors (Lipinski definition) is 3. The number of aromatic amines is 1. The number of methoxy groups -OCH3 is 1. The molecule has 0 bridgehead atoms. The maximum Gasteiger partial charge on any atom is 0.215 e. The molecule has 0 aliphatic heterocycles. The third-order valence-electron chi connectivity index (χ3n) is 3.17. The van der Waals surface area contributed by atoms with E-state index in [1.807, 2.05) is 12.1 Å². The van der Waals surface area contributed by atoms with Gasteiger partial charge in [-0.15, -0.1) is 0 Å². The molecular weight excluding hydrogens is 238 g/mol. The molecular formula is C15H15N3O. The van der Waals surface area contributed by atoms with E-state index in [0.29, 0.717) is 11.5 Å². The summed E-state index contributed by atoms with van der Waals surface area (Å²) in [6.45, 7) is 2.15. The Hall–Kier alpha value is -2.36. The van der Waals surface area contributed by atoms with Crippen LogP contribution in [0, 0.1) is 0 Å². The largest absolute Gasteiger partial charge is 0.481 e. The summed E-state index contributed by atoms with van der Waals surface area (Å²) in [5, 5.41) is 0. The average Bonchev–Trinajstić information content (AvgIpc) is 2.90. The molecule has 4 nitrogen and oxygen atoms in total. The molecule has 3 rings (SSSR count). The van der Waals surface area contributed by atoms with Gasteiger partial charge in [0.25, 0.3) is 0 Å². The second-order valence-corrected chi connectivity index (χ2v) is 4.36. The van der Waals surface area contributed by atoms with Crippen molar-refractivity contribution in [2.45, 2.75) is 13.3 Å². The monoisotopic (exact) mass is 253 g/mol. The number of aromatic nitrogens is 3. The van der Waals surface area contributed by atoms with Crippen LogP contribution in [0.5, 0.6) is 5.88 Å². The molecule has 2 heterocycles. The predicted octanol–water partition coefficient (Wildman–Crippen LogP) is 3.20. The second-order valence-electron chi connectivity index (χ2n) is 4.36. The van der Waals surface area contributed by atoms with Gasteiger partial charge in [0.05, 0.1) is 12.6 Å². The highest BCUT2D eigenvalue weighted by atomic mass is 16.5. The van der Waals surface area contributed by atoms with E-state index in [1.165, 1.54) is 5.56 Å². The summed E-state index contributed by atoms with van der Waals surface area (Å²) in [5.74, 6) is 1.41. The molecule has 1 aromatic carbocycles. The van der Waals surface area contributed by atoms with Crippen molar-refractivity contribution >= 4 is 11.2 Å². The maximum atomic E-state index is 5.10. The Morgan fingerprint density at radius 3 is 2.53 bits per heavy atom. The van der Waals surface area contributed by atoms with Crippen LogP contribution in [-0.2, 0) is 6.42 Å². The van der Waals surface area contributed by atoms with E-state index in [-0.39, 0.29) is 0 Å². The third kappa shape index (κ3) is 2.17. The number of aryl methyl sites for hydroxylation is 1. The van der Waals surface area contributed by atoms with E-state index in [0.717, 1.165) is 23.3 Å². The van der Waals surface area contributed by atoms with Crippen molar-refractivity contribution in [1.82, 2.24) is 15.0 Å². The van der Waals surface area contributed by atoms with Crippen LogP contribution >= 0.6 is 0 Å². The normalized spacial score (nSPS) is 10.8. The van der Waals surface area contributed by atoms with Crippen molar-refractivity contribution < 1.29 is 4.74 Å². The van der Waals surface area contributed by atoms with Crippen molar-refractivity contribution in [2.75, 3.05) is 7.11 Å². The van der Waals surface area contributed by atoms with Crippen molar-refractivity contribution in [3.63, 3.8) is 0 Å². The van der Waals surface area contributed by atoms with Crippen molar-refractivity contribution in [3.05, 3.63) is 42.0 Å². The number of pyridine rings is 1. The lowest BCUT2D eigenvalue weighted by Crippen LogP contribution is -1.86. The van der Waals surface area contributed by atoms with Crippen LogP contribution in [0.2, 0.25) is 0 Å². The zero-order chi connectivity index (χ0) is 13.2. The van der Waals surface area contributed by atoms with E-state index in [9.17, 15) is 0 Å². The predicted molar refractivity (Wildman–Crippen MR) is 75.3 cm³/mol. The fraction of sp³-hybridized carbons (Fsp3) is 0.200. The van der Waals surface area contributed by atoms with E-state index in [1.54, 1.807) is 7.11 Å². The minimum atomic E-state index is 0.576. The van der Waals surface area contributed by atoms with Crippen LogP contribution in [0.4, 0.5) is 0 Å². The smallest absolute Gasteiger partial charge is 0.215 e. The van der Waals surface area contributed by atoms with Gasteiger partial charge in [-0.05, 0) is 18.1 Å². The number of nitrogens with zero attached hydrogens (tertiary/aromatic N) is 2. The summed E-state index contributed by atoms with van der Waals surface area (Å²) >= 11 is 0. The van der Waals surface area contributed by atoms with E-state index in [4.69, 9.17) is 4.74 Å². The van der Waals surface area contributed by atoms with Gasteiger partial charge in [0.1, 0.15) is 5.82 Å². The van der Waals surface area contributed by atoms with Crippen LogP contribution in [0.25, 0.3) is 22.6 Å². The fourth-order valence-corrected chi connectivity index (χ4v) is 2.02. The highest BCUT2D eigenvalue weighted by Gasteiger charge is 2.07. The molecule has 0 saturated carbocycles. The Morgan fingerprint density at radius 2 is 1.84 bits per heavy atom. The Bertz CT molecular complexity index is 701. The molecule has 96 valence electrons. The lowest BCUT2D eigenvalue weighted by molar-refractivity contribution is 0.399. The molecule has 0 atom stereocenters. The molecule has 0 amide bonds. The molecule has 3 aromatic rings. The molecule has 1 N–H and O–H groups in total. The van der Waals surface area contributed by atoms with Gasteiger partial charge in [0.2, 0.25) is 5.88 Å². The SMILES string of the molecule is CCc1ccc(-c2nc3nc(OC)ccc3[nH]2)cc1. The van der Waals surface area contributed by atoms with Crippen LogP contribution in [0.3, 0.4) is 0 Å². The lowest BCUT2D eigenvalue weighted by Gasteiger charge is -1.98. The van der Waals surface area contributed by atoms with Gasteiger partial charge < -0.3 is 9.72 Å². The molecule has 0 saturated heterocycles. The summed E-state index contributed by atoms with van der Waals surface area (Å²) < 4.78 is 5.10. The molecule has 0 unspecified atom stereocenters. The number of fused-ring (bicyclic) bond motifs is 1. The topological polar surface area (TPSA) is 50.8 Å². The minimum Gasteiger partial charge on any atom is -0.481 e. The molecule has 0 aliphatic carbocycles. The second kappa shape index (κ2) is 4.72. The number of H-pyrrole nitrogens is 1. The van der Waals surface area contributed by atoms with Crippen LogP contribution in [-0.4, -0.2) is 22.1 Å². The first-order chi connectivity index (χ1) is 9.30. The van der Waals surface area contributed by atoms with Crippen LogP contribution in [0.15, 0.2) is 36.4 Å². The molecule has 0 radical (unpaired) electrons. The zero-order valence-electron chi connectivity index (χ0n) is 11.0. The minimum absolute atomic E-state index is 0.576. The number of nitrogens with one attached hydrogen (secondary N) is 1. The van der Waals surface area contributed by atoms with E-state index >= 15 is 0 Å². The van der Waals surface area contributed by atoms with Gasteiger partial charge in [-0.25, -0.2) is 4.98 Å². The van der Waals surface area contributed by atoms with Gasteiger partial charge in [-0.1, -0.05) is 31.2 Å². The van der Waals surface area contributed by atoms with Crippen LogP contribution in [0.1, 0.15) is 12.5 Å². The van der Waals surface area contributed by atoms with Gasteiger partial charge >= 0.3 is 0 Å². The standard InChI is InChI=1S/C15H15N3O/c1-3-10-4-6-11(7-5-10)14-16-12-8-9-13(19-2)17-15(12)18-14/h4-9H,3H2,1-2H3,(H,16,17,18). The van der Waals surface area contributed by atoms with E-state index in [2.05, 4.69) is 46.1 Å². The number of benzene rings is 1.